The first-order chi connectivity index (χ1) is 14.2. The summed E-state index contributed by atoms with van der Waals surface area (Å²) >= 11 is 0. The van der Waals surface area contributed by atoms with Gasteiger partial charge < -0.3 is 14.2 Å². The summed E-state index contributed by atoms with van der Waals surface area (Å²) < 4.78 is 17.2. The lowest BCUT2D eigenvalue weighted by atomic mass is 9.86. The van der Waals surface area contributed by atoms with Crippen molar-refractivity contribution in [2.24, 2.45) is 0 Å². The maximum Gasteiger partial charge on any atom is 0.339 e. The van der Waals surface area contributed by atoms with Crippen molar-refractivity contribution in [2.45, 2.75) is 58.7 Å². The van der Waals surface area contributed by atoms with E-state index >= 15 is 0 Å². The van der Waals surface area contributed by atoms with Crippen LogP contribution in [0.4, 0.5) is 0 Å². The normalized spacial score (nSPS) is 14.4. The maximum atomic E-state index is 12.8. The predicted octanol–water partition coefficient (Wildman–Crippen LogP) is 5.74. The van der Waals surface area contributed by atoms with Crippen molar-refractivity contribution in [3.63, 3.8) is 0 Å². The van der Waals surface area contributed by atoms with Gasteiger partial charge in [-0.05, 0) is 86.9 Å². The standard InChI is InChI=1S/C26H32O4/c1-7-9-18-12-11-17(2)22(24(25(27)28-6)30-26(3,4)5)23(18)20-13-14-21-19(16-20)10-8-15-29-21/h7,11-14,16,24H,1,8-10,15H2,2-6H3. The Bertz CT molecular complexity index is 937. The molecule has 0 amide bonds. The minimum Gasteiger partial charge on any atom is -0.493 e. The molecule has 1 heterocycles. The van der Waals surface area contributed by atoms with Gasteiger partial charge in [0.1, 0.15) is 5.75 Å². The fourth-order valence-electron chi connectivity index (χ4n) is 3.97. The number of rotatable bonds is 6. The van der Waals surface area contributed by atoms with Gasteiger partial charge in [-0.2, -0.15) is 0 Å². The Balaban J connectivity index is 2.25. The van der Waals surface area contributed by atoms with Crippen LogP contribution in [-0.4, -0.2) is 25.3 Å². The first-order valence-electron chi connectivity index (χ1n) is 10.5. The molecule has 30 heavy (non-hydrogen) atoms. The molecule has 0 fully saturated rings. The van der Waals surface area contributed by atoms with Gasteiger partial charge in [0.25, 0.3) is 0 Å². The van der Waals surface area contributed by atoms with Crippen molar-refractivity contribution in [3.8, 4) is 16.9 Å². The summed E-state index contributed by atoms with van der Waals surface area (Å²) in [5, 5.41) is 0. The molecule has 0 spiro atoms. The Morgan fingerprint density at radius 1 is 1.27 bits per heavy atom. The molecule has 0 bridgehead atoms. The second-order valence-electron chi connectivity index (χ2n) is 8.73. The molecule has 1 atom stereocenters. The van der Waals surface area contributed by atoms with Crippen LogP contribution in [0, 0.1) is 6.92 Å². The number of methoxy groups -OCH3 is 1. The largest absolute Gasteiger partial charge is 0.493 e. The third-order valence-corrected chi connectivity index (χ3v) is 5.26. The monoisotopic (exact) mass is 408 g/mol. The number of fused-ring (bicyclic) bond motifs is 1. The Morgan fingerprint density at radius 3 is 2.70 bits per heavy atom. The van der Waals surface area contributed by atoms with Gasteiger partial charge in [-0.1, -0.05) is 24.3 Å². The zero-order valence-corrected chi connectivity index (χ0v) is 18.7. The molecule has 2 aromatic carbocycles. The van der Waals surface area contributed by atoms with E-state index in [-0.39, 0.29) is 0 Å². The average Bonchev–Trinajstić information content (AvgIpc) is 2.72. The van der Waals surface area contributed by atoms with Crippen molar-refractivity contribution in [2.75, 3.05) is 13.7 Å². The Hall–Kier alpha value is -2.59. The van der Waals surface area contributed by atoms with E-state index in [1.807, 2.05) is 45.9 Å². The summed E-state index contributed by atoms with van der Waals surface area (Å²) in [5.74, 6) is 0.547. The second-order valence-corrected chi connectivity index (χ2v) is 8.73. The number of hydrogen-bond acceptors (Lipinski definition) is 4. The van der Waals surface area contributed by atoms with Crippen LogP contribution in [0.15, 0.2) is 43.0 Å². The molecule has 0 N–H and O–H groups in total. The first-order valence-corrected chi connectivity index (χ1v) is 10.5. The summed E-state index contributed by atoms with van der Waals surface area (Å²) in [5.41, 5.74) is 5.71. The quantitative estimate of drug-likeness (QED) is 0.451. The number of carbonyl (C=O) groups excluding carboxylic acids is 1. The van der Waals surface area contributed by atoms with Gasteiger partial charge in [0.05, 0.1) is 19.3 Å². The highest BCUT2D eigenvalue weighted by Crippen LogP contribution is 2.40. The summed E-state index contributed by atoms with van der Waals surface area (Å²) in [7, 11) is 1.40. The van der Waals surface area contributed by atoms with Crippen molar-refractivity contribution in [1.29, 1.82) is 0 Å². The zero-order chi connectivity index (χ0) is 21.9. The summed E-state index contributed by atoms with van der Waals surface area (Å²) in [6.45, 7) is 12.5. The van der Waals surface area contributed by atoms with Crippen molar-refractivity contribution in [3.05, 3.63) is 65.2 Å². The molecule has 1 aliphatic rings. The van der Waals surface area contributed by atoms with Crippen LogP contribution in [0.5, 0.6) is 5.75 Å². The molecule has 1 unspecified atom stereocenters. The molecule has 0 saturated heterocycles. The third-order valence-electron chi connectivity index (χ3n) is 5.26. The summed E-state index contributed by atoms with van der Waals surface area (Å²) in [4.78, 5) is 12.8. The molecular formula is C26H32O4. The van der Waals surface area contributed by atoms with E-state index in [9.17, 15) is 4.79 Å². The molecule has 4 nitrogen and oxygen atoms in total. The number of ether oxygens (including phenoxy) is 3. The van der Waals surface area contributed by atoms with Crippen molar-refractivity contribution in [1.82, 2.24) is 0 Å². The number of allylic oxidation sites excluding steroid dienone is 1. The van der Waals surface area contributed by atoms with Crippen LogP contribution in [0.2, 0.25) is 0 Å². The van der Waals surface area contributed by atoms with Crippen LogP contribution in [0.25, 0.3) is 11.1 Å². The molecule has 2 aromatic rings. The summed E-state index contributed by atoms with van der Waals surface area (Å²) in [6, 6.07) is 10.4. The van der Waals surface area contributed by atoms with Crippen LogP contribution >= 0.6 is 0 Å². The lowest BCUT2D eigenvalue weighted by Crippen LogP contribution is -2.29. The highest BCUT2D eigenvalue weighted by Gasteiger charge is 2.32. The molecule has 0 saturated carbocycles. The van der Waals surface area contributed by atoms with Gasteiger partial charge in [0.2, 0.25) is 0 Å². The second kappa shape index (κ2) is 9.05. The van der Waals surface area contributed by atoms with E-state index in [0.29, 0.717) is 6.42 Å². The van der Waals surface area contributed by atoms with E-state index in [1.165, 1.54) is 12.7 Å². The fourth-order valence-corrected chi connectivity index (χ4v) is 3.97. The minimum atomic E-state index is -0.818. The molecular weight excluding hydrogens is 376 g/mol. The Kier molecular flexibility index (Phi) is 6.67. The van der Waals surface area contributed by atoms with E-state index < -0.39 is 17.7 Å². The highest BCUT2D eigenvalue weighted by atomic mass is 16.6. The topological polar surface area (TPSA) is 44.8 Å². The van der Waals surface area contributed by atoms with E-state index in [0.717, 1.165) is 53.0 Å². The molecule has 4 heteroatoms. The highest BCUT2D eigenvalue weighted by molar-refractivity contribution is 5.84. The summed E-state index contributed by atoms with van der Waals surface area (Å²) in [6.07, 6.45) is 3.76. The van der Waals surface area contributed by atoms with Crippen LogP contribution < -0.4 is 4.74 Å². The Labute approximate surface area is 179 Å². The predicted molar refractivity (Wildman–Crippen MR) is 120 cm³/mol. The van der Waals surface area contributed by atoms with Gasteiger partial charge >= 0.3 is 5.97 Å². The van der Waals surface area contributed by atoms with Gasteiger partial charge in [0, 0.05) is 5.56 Å². The van der Waals surface area contributed by atoms with Gasteiger partial charge in [-0.3, -0.25) is 0 Å². The minimum absolute atomic E-state index is 0.397. The number of carbonyl (C=O) groups is 1. The molecule has 3 rings (SSSR count). The lowest BCUT2D eigenvalue weighted by molar-refractivity contribution is -0.164. The van der Waals surface area contributed by atoms with Crippen molar-refractivity contribution >= 4 is 5.97 Å². The number of benzene rings is 2. The van der Waals surface area contributed by atoms with E-state index in [1.54, 1.807) is 0 Å². The fraction of sp³-hybridized carbons (Fsp3) is 0.423. The third kappa shape index (κ3) is 4.76. The molecule has 0 aliphatic carbocycles. The molecule has 1 aliphatic heterocycles. The lowest BCUT2D eigenvalue weighted by Gasteiger charge is -2.30. The van der Waals surface area contributed by atoms with Gasteiger partial charge in [-0.15, -0.1) is 6.58 Å². The SMILES string of the molecule is C=CCc1ccc(C)c(C(OC(C)(C)C)C(=O)OC)c1-c1ccc2c(c1)CCCO2. The van der Waals surface area contributed by atoms with E-state index in [2.05, 4.69) is 24.8 Å². The first kappa shape index (κ1) is 22.1. The average molecular weight is 409 g/mol. The Morgan fingerprint density at radius 2 is 2.03 bits per heavy atom. The number of esters is 1. The van der Waals surface area contributed by atoms with Crippen LogP contribution in [-0.2, 0) is 27.1 Å². The van der Waals surface area contributed by atoms with Crippen LogP contribution in [0.1, 0.15) is 55.5 Å². The maximum absolute atomic E-state index is 12.8. The smallest absolute Gasteiger partial charge is 0.339 e. The van der Waals surface area contributed by atoms with Crippen LogP contribution in [0.3, 0.4) is 0 Å². The molecule has 160 valence electrons. The van der Waals surface area contributed by atoms with Crippen molar-refractivity contribution < 1.29 is 19.0 Å². The zero-order valence-electron chi connectivity index (χ0n) is 18.7. The van der Waals surface area contributed by atoms with Gasteiger partial charge in [0.15, 0.2) is 6.10 Å². The number of hydrogen-bond donors (Lipinski definition) is 0. The van der Waals surface area contributed by atoms with E-state index in [4.69, 9.17) is 14.2 Å². The van der Waals surface area contributed by atoms with Gasteiger partial charge in [-0.25, -0.2) is 4.79 Å². The number of aryl methyl sites for hydroxylation is 2. The molecule has 0 radical (unpaired) electrons. The molecule has 0 aromatic heterocycles.